The van der Waals surface area contributed by atoms with Crippen LogP contribution in [0.15, 0.2) is 28.4 Å². The van der Waals surface area contributed by atoms with Crippen LogP contribution in [-0.2, 0) is 5.66 Å². The van der Waals surface area contributed by atoms with Gasteiger partial charge < -0.3 is 0 Å². The Morgan fingerprint density at radius 3 is 2.38 bits per heavy atom. The van der Waals surface area contributed by atoms with Crippen LogP contribution in [0, 0.1) is 19.3 Å². The van der Waals surface area contributed by atoms with Crippen LogP contribution in [-0.4, -0.2) is 6.18 Å². The molecule has 1 heterocycles. The molecule has 0 unspecified atom stereocenters. The fraction of sp³-hybridized carbons (Fsp3) is 0.273. The lowest BCUT2D eigenvalue weighted by atomic mass is 9.94. The molecule has 0 saturated carbocycles. The van der Waals surface area contributed by atoms with E-state index in [4.69, 9.17) is 6.42 Å². The summed E-state index contributed by atoms with van der Waals surface area (Å²) in [5.74, 6) is 2.34. The molecule has 82 valence electrons. The van der Waals surface area contributed by atoms with Crippen LogP contribution in [0.1, 0.15) is 16.7 Å². The second kappa shape index (κ2) is 3.08. The SMILES string of the molecule is C#Cc1cccc(C2(C(F)(F)F)N=N2)c1C. The fourth-order valence-electron chi connectivity index (χ4n) is 1.59. The highest BCUT2D eigenvalue weighted by molar-refractivity contribution is 5.48. The van der Waals surface area contributed by atoms with Crippen molar-refractivity contribution in [3.05, 3.63) is 34.9 Å². The van der Waals surface area contributed by atoms with Gasteiger partial charge in [0.15, 0.2) is 0 Å². The Balaban J connectivity index is 2.55. The number of benzene rings is 1. The van der Waals surface area contributed by atoms with Gasteiger partial charge in [-0.05, 0) is 18.6 Å². The Bertz CT molecular complexity index is 503. The van der Waals surface area contributed by atoms with Gasteiger partial charge in [0.1, 0.15) is 0 Å². The Hall–Kier alpha value is -1.83. The van der Waals surface area contributed by atoms with E-state index in [0.29, 0.717) is 11.1 Å². The second-order valence-electron chi connectivity index (χ2n) is 3.49. The van der Waals surface area contributed by atoms with Crippen molar-refractivity contribution in [1.82, 2.24) is 0 Å². The summed E-state index contributed by atoms with van der Waals surface area (Å²) >= 11 is 0. The molecule has 2 rings (SSSR count). The molecule has 1 aliphatic heterocycles. The number of hydrogen-bond donors (Lipinski definition) is 0. The fourth-order valence-corrected chi connectivity index (χ4v) is 1.59. The Labute approximate surface area is 90.2 Å². The zero-order chi connectivity index (χ0) is 12.0. The topological polar surface area (TPSA) is 24.7 Å². The minimum Gasteiger partial charge on any atom is -0.166 e. The summed E-state index contributed by atoms with van der Waals surface area (Å²) in [7, 11) is 0. The van der Waals surface area contributed by atoms with Gasteiger partial charge in [-0.25, -0.2) is 0 Å². The molecular weight excluding hydrogens is 217 g/mol. The maximum Gasteiger partial charge on any atom is 0.442 e. The molecule has 1 aromatic rings. The van der Waals surface area contributed by atoms with Gasteiger partial charge in [-0.1, -0.05) is 18.1 Å². The van der Waals surface area contributed by atoms with E-state index >= 15 is 0 Å². The molecule has 0 aromatic heterocycles. The number of terminal acetylenes is 1. The molecule has 0 radical (unpaired) electrons. The van der Waals surface area contributed by atoms with Crippen molar-refractivity contribution in [3.63, 3.8) is 0 Å². The first kappa shape index (κ1) is 10.7. The highest BCUT2D eigenvalue weighted by Crippen LogP contribution is 2.53. The normalized spacial score (nSPS) is 16.9. The molecular formula is C11H7F3N2. The van der Waals surface area contributed by atoms with Gasteiger partial charge in [0.05, 0.1) is 0 Å². The van der Waals surface area contributed by atoms with Crippen molar-refractivity contribution in [1.29, 1.82) is 0 Å². The molecule has 0 saturated heterocycles. The molecule has 16 heavy (non-hydrogen) atoms. The Morgan fingerprint density at radius 1 is 1.31 bits per heavy atom. The van der Waals surface area contributed by atoms with Crippen LogP contribution in [0.4, 0.5) is 13.2 Å². The predicted octanol–water partition coefficient (Wildman–Crippen LogP) is 3.16. The van der Waals surface area contributed by atoms with Gasteiger partial charge in [-0.15, -0.1) is 16.7 Å². The summed E-state index contributed by atoms with van der Waals surface area (Å²) in [6.07, 6.45) is 0.691. The number of halogens is 3. The molecule has 0 spiro atoms. The number of alkyl halides is 3. The summed E-state index contributed by atoms with van der Waals surface area (Å²) in [5.41, 5.74) is -1.55. The van der Waals surface area contributed by atoms with Crippen molar-refractivity contribution >= 4 is 0 Å². The third-order valence-electron chi connectivity index (χ3n) is 2.56. The number of hydrogen-bond acceptors (Lipinski definition) is 2. The molecule has 1 aliphatic rings. The van der Waals surface area contributed by atoms with Gasteiger partial charge in [0, 0.05) is 11.1 Å². The van der Waals surface area contributed by atoms with Crippen molar-refractivity contribution in [2.45, 2.75) is 18.8 Å². The van der Waals surface area contributed by atoms with Gasteiger partial charge in [0.2, 0.25) is 0 Å². The first-order valence-electron chi connectivity index (χ1n) is 4.50. The van der Waals surface area contributed by atoms with E-state index in [-0.39, 0.29) is 5.56 Å². The van der Waals surface area contributed by atoms with Crippen LogP contribution in [0.25, 0.3) is 0 Å². The summed E-state index contributed by atoms with van der Waals surface area (Å²) in [6.45, 7) is 1.54. The zero-order valence-corrected chi connectivity index (χ0v) is 8.34. The van der Waals surface area contributed by atoms with Gasteiger partial charge in [0.25, 0.3) is 0 Å². The third-order valence-corrected chi connectivity index (χ3v) is 2.56. The summed E-state index contributed by atoms with van der Waals surface area (Å²) < 4.78 is 38.3. The van der Waals surface area contributed by atoms with E-state index in [1.807, 2.05) is 0 Å². The third kappa shape index (κ3) is 1.30. The monoisotopic (exact) mass is 224 g/mol. The van der Waals surface area contributed by atoms with Crippen molar-refractivity contribution in [3.8, 4) is 12.3 Å². The van der Waals surface area contributed by atoms with E-state index in [2.05, 4.69) is 16.1 Å². The number of nitrogens with zero attached hydrogens (tertiary/aromatic N) is 2. The van der Waals surface area contributed by atoms with Gasteiger partial charge >= 0.3 is 11.8 Å². The molecule has 5 heteroatoms. The minimum atomic E-state index is -4.51. The molecule has 0 amide bonds. The molecule has 0 atom stereocenters. The minimum absolute atomic E-state index is 0.00968. The smallest absolute Gasteiger partial charge is 0.166 e. The van der Waals surface area contributed by atoms with Crippen LogP contribution >= 0.6 is 0 Å². The first-order valence-corrected chi connectivity index (χ1v) is 4.50. The zero-order valence-electron chi connectivity index (χ0n) is 8.34. The lowest BCUT2D eigenvalue weighted by Crippen LogP contribution is -2.31. The summed E-state index contributed by atoms with van der Waals surface area (Å²) in [5, 5.41) is 6.29. The van der Waals surface area contributed by atoms with Crippen molar-refractivity contribution in [2.75, 3.05) is 0 Å². The molecule has 0 N–H and O–H groups in total. The lowest BCUT2D eigenvalue weighted by molar-refractivity contribution is -0.166. The van der Waals surface area contributed by atoms with E-state index in [9.17, 15) is 13.2 Å². The van der Waals surface area contributed by atoms with E-state index in [1.54, 1.807) is 13.0 Å². The highest BCUT2D eigenvalue weighted by Gasteiger charge is 2.65. The molecule has 0 bridgehead atoms. The van der Waals surface area contributed by atoms with Crippen LogP contribution < -0.4 is 0 Å². The van der Waals surface area contributed by atoms with Gasteiger partial charge in [-0.3, -0.25) is 0 Å². The Kier molecular flexibility index (Phi) is 2.06. The van der Waals surface area contributed by atoms with Crippen LogP contribution in [0.2, 0.25) is 0 Å². The predicted molar refractivity (Wildman–Crippen MR) is 51.7 cm³/mol. The average Bonchev–Trinajstić information content (AvgIpc) is 2.98. The first-order chi connectivity index (χ1) is 7.42. The Morgan fingerprint density at radius 2 is 1.94 bits per heavy atom. The number of rotatable bonds is 1. The van der Waals surface area contributed by atoms with E-state index in [0.717, 1.165) is 0 Å². The van der Waals surface area contributed by atoms with Crippen LogP contribution in [0.5, 0.6) is 0 Å². The molecule has 0 fully saturated rings. The van der Waals surface area contributed by atoms with Crippen molar-refractivity contribution in [2.24, 2.45) is 10.2 Å². The standard InChI is InChI=1S/C11H7F3N2/c1-3-8-5-4-6-9(7(8)2)10(15-16-10)11(12,13)14/h1,4-6H,2H3. The summed E-state index contributed by atoms with van der Waals surface area (Å²) in [4.78, 5) is 0. The maximum atomic E-state index is 12.8. The van der Waals surface area contributed by atoms with Gasteiger partial charge in [-0.2, -0.15) is 13.2 Å². The quantitative estimate of drug-likeness (QED) is 0.654. The summed E-state index contributed by atoms with van der Waals surface area (Å²) in [6, 6.07) is 4.42. The van der Waals surface area contributed by atoms with E-state index < -0.39 is 11.8 Å². The molecule has 0 aliphatic carbocycles. The highest BCUT2D eigenvalue weighted by atomic mass is 19.4. The second-order valence-corrected chi connectivity index (χ2v) is 3.49. The molecule has 2 nitrogen and oxygen atoms in total. The maximum absolute atomic E-state index is 12.8. The van der Waals surface area contributed by atoms with Crippen LogP contribution in [0.3, 0.4) is 0 Å². The molecule has 1 aromatic carbocycles. The largest absolute Gasteiger partial charge is 0.442 e. The lowest BCUT2D eigenvalue weighted by Gasteiger charge is -2.17. The average molecular weight is 224 g/mol. The van der Waals surface area contributed by atoms with E-state index in [1.165, 1.54) is 12.1 Å². The van der Waals surface area contributed by atoms with Crippen molar-refractivity contribution < 1.29 is 13.2 Å².